The molecule has 1 aliphatic heterocycles. The largest absolute Gasteiger partial charge is 0.377 e. The summed E-state index contributed by atoms with van der Waals surface area (Å²) in [7, 11) is -3.42. The zero-order valence-corrected chi connectivity index (χ0v) is 9.96. The number of H-pyrrole nitrogens is 1. The van der Waals surface area contributed by atoms with E-state index in [-0.39, 0.29) is 17.0 Å². The van der Waals surface area contributed by atoms with E-state index in [1.807, 2.05) is 0 Å². The highest BCUT2D eigenvalue weighted by Crippen LogP contribution is 2.16. The summed E-state index contributed by atoms with van der Waals surface area (Å²) in [6.45, 7) is 2.32. The number of aromatic nitrogens is 3. The summed E-state index contributed by atoms with van der Waals surface area (Å²) in [6.07, 6.45) is 2.61. The molecule has 1 aromatic rings. The smallest absolute Gasteiger partial charge is 0.266 e. The van der Waals surface area contributed by atoms with E-state index in [0.29, 0.717) is 12.4 Å². The second-order valence-electron chi connectivity index (χ2n) is 3.97. The van der Waals surface area contributed by atoms with Gasteiger partial charge in [-0.2, -0.15) is 0 Å². The highest BCUT2D eigenvalue weighted by Gasteiger charge is 2.26. The maximum Gasteiger partial charge on any atom is 0.266 e. The highest BCUT2D eigenvalue weighted by molar-refractivity contribution is 7.91. The van der Waals surface area contributed by atoms with Crippen LogP contribution in [0.15, 0.2) is 5.16 Å². The van der Waals surface area contributed by atoms with Gasteiger partial charge in [0.05, 0.1) is 11.9 Å². The average molecular weight is 245 g/mol. The van der Waals surface area contributed by atoms with E-state index in [1.165, 1.54) is 0 Å². The van der Waals surface area contributed by atoms with E-state index in [1.54, 1.807) is 6.92 Å². The minimum Gasteiger partial charge on any atom is -0.377 e. The first-order valence-electron chi connectivity index (χ1n) is 5.31. The lowest BCUT2D eigenvalue weighted by Crippen LogP contribution is -2.28. The molecule has 0 aromatic carbocycles. The predicted octanol–water partition coefficient (Wildman–Crippen LogP) is 0.456. The number of hydrogen-bond acceptors (Lipinski definition) is 5. The van der Waals surface area contributed by atoms with Gasteiger partial charge >= 0.3 is 0 Å². The van der Waals surface area contributed by atoms with Crippen LogP contribution in [0.25, 0.3) is 0 Å². The van der Waals surface area contributed by atoms with Crippen LogP contribution in [0, 0.1) is 6.92 Å². The third-order valence-corrected chi connectivity index (χ3v) is 4.08. The summed E-state index contributed by atoms with van der Waals surface area (Å²) < 4.78 is 29.2. The Bertz CT molecular complexity index is 448. The molecule has 90 valence electrons. The van der Waals surface area contributed by atoms with Crippen LogP contribution in [0.3, 0.4) is 0 Å². The molecule has 1 saturated heterocycles. The van der Waals surface area contributed by atoms with Gasteiger partial charge in [0.25, 0.3) is 5.16 Å². The zero-order chi connectivity index (χ0) is 11.6. The van der Waals surface area contributed by atoms with Gasteiger partial charge in [-0.3, -0.25) is 5.10 Å². The minimum absolute atomic E-state index is 0.0235. The molecular weight excluding hydrogens is 230 g/mol. The van der Waals surface area contributed by atoms with Gasteiger partial charge in [-0.25, -0.2) is 13.4 Å². The maximum atomic E-state index is 11.9. The lowest BCUT2D eigenvalue weighted by Gasteiger charge is -2.21. The second-order valence-corrected chi connectivity index (χ2v) is 5.90. The van der Waals surface area contributed by atoms with Crippen molar-refractivity contribution in [3.05, 3.63) is 5.82 Å². The summed E-state index contributed by atoms with van der Waals surface area (Å²) in [6, 6.07) is 0. The molecule has 1 atom stereocenters. The lowest BCUT2D eigenvalue weighted by atomic mass is 10.1. The molecule has 0 spiro atoms. The molecule has 2 rings (SSSR count). The van der Waals surface area contributed by atoms with Gasteiger partial charge in [-0.15, -0.1) is 5.10 Å². The Morgan fingerprint density at radius 1 is 1.50 bits per heavy atom. The van der Waals surface area contributed by atoms with Crippen molar-refractivity contribution >= 4 is 9.84 Å². The summed E-state index contributed by atoms with van der Waals surface area (Å²) in [5.41, 5.74) is 0. The predicted molar refractivity (Wildman–Crippen MR) is 56.8 cm³/mol. The van der Waals surface area contributed by atoms with Crippen molar-refractivity contribution in [3.8, 4) is 0 Å². The molecule has 6 nitrogen and oxygen atoms in total. The standard InChI is InChI=1S/C9H15N3O3S/c1-7-10-9(12-11-7)16(13,14)6-8-4-2-3-5-15-8/h8H,2-6H2,1H3,(H,10,11,12)/t8-/m0/s1. The van der Waals surface area contributed by atoms with Crippen molar-refractivity contribution in [2.45, 2.75) is 37.4 Å². The average Bonchev–Trinajstić information content (AvgIpc) is 2.66. The van der Waals surface area contributed by atoms with Crippen LogP contribution in [0.4, 0.5) is 0 Å². The van der Waals surface area contributed by atoms with E-state index in [0.717, 1.165) is 19.3 Å². The normalized spacial score (nSPS) is 22.2. The number of aryl methyl sites for hydroxylation is 1. The third-order valence-electron chi connectivity index (χ3n) is 2.53. The van der Waals surface area contributed by atoms with Crippen molar-refractivity contribution in [3.63, 3.8) is 0 Å². The van der Waals surface area contributed by atoms with Gasteiger partial charge in [0.15, 0.2) is 0 Å². The molecule has 0 amide bonds. The molecule has 0 radical (unpaired) electrons. The van der Waals surface area contributed by atoms with Gasteiger partial charge in [0.1, 0.15) is 5.82 Å². The summed E-state index contributed by atoms with van der Waals surface area (Å²) in [5.74, 6) is 0.479. The maximum absolute atomic E-state index is 11.9. The van der Waals surface area contributed by atoms with E-state index in [2.05, 4.69) is 15.2 Å². The summed E-state index contributed by atoms with van der Waals surface area (Å²) in [5, 5.41) is 6.08. The van der Waals surface area contributed by atoms with Crippen LogP contribution in [0.2, 0.25) is 0 Å². The molecule has 0 saturated carbocycles. The first kappa shape index (κ1) is 11.5. The van der Waals surface area contributed by atoms with Crippen molar-refractivity contribution in [2.24, 2.45) is 0 Å². The van der Waals surface area contributed by atoms with E-state index >= 15 is 0 Å². The van der Waals surface area contributed by atoms with Gasteiger partial charge in [-0.05, 0) is 26.2 Å². The van der Waals surface area contributed by atoms with Gasteiger partial charge in [-0.1, -0.05) is 0 Å². The van der Waals surface area contributed by atoms with Crippen LogP contribution in [-0.2, 0) is 14.6 Å². The van der Waals surface area contributed by atoms with Crippen molar-refractivity contribution < 1.29 is 13.2 Å². The topological polar surface area (TPSA) is 84.9 Å². The van der Waals surface area contributed by atoms with Crippen LogP contribution >= 0.6 is 0 Å². The van der Waals surface area contributed by atoms with Crippen LogP contribution < -0.4 is 0 Å². The number of ether oxygens (including phenoxy) is 1. The Kier molecular flexibility index (Phi) is 3.25. The molecule has 0 aliphatic carbocycles. The quantitative estimate of drug-likeness (QED) is 0.836. The molecule has 1 N–H and O–H groups in total. The van der Waals surface area contributed by atoms with Gasteiger partial charge in [0, 0.05) is 6.61 Å². The van der Waals surface area contributed by atoms with Crippen LogP contribution in [-0.4, -0.2) is 42.1 Å². The number of nitrogens with zero attached hydrogens (tertiary/aromatic N) is 2. The molecule has 0 unspecified atom stereocenters. The minimum atomic E-state index is -3.42. The SMILES string of the molecule is Cc1nc(S(=O)(=O)C[C@@H]2CCCCO2)n[nH]1. The highest BCUT2D eigenvalue weighted by atomic mass is 32.2. The molecule has 2 heterocycles. The van der Waals surface area contributed by atoms with E-state index < -0.39 is 9.84 Å². The van der Waals surface area contributed by atoms with E-state index in [4.69, 9.17) is 4.74 Å². The zero-order valence-electron chi connectivity index (χ0n) is 9.14. The van der Waals surface area contributed by atoms with Gasteiger partial charge < -0.3 is 4.74 Å². The molecule has 1 aliphatic rings. The molecular formula is C9H15N3O3S. The molecule has 1 aromatic heterocycles. The molecule has 16 heavy (non-hydrogen) atoms. The second kappa shape index (κ2) is 4.50. The first-order chi connectivity index (χ1) is 7.58. The third kappa shape index (κ3) is 2.59. The molecule has 0 bridgehead atoms. The fourth-order valence-electron chi connectivity index (χ4n) is 1.72. The Labute approximate surface area is 94.3 Å². The number of rotatable bonds is 3. The Hall–Kier alpha value is -0.950. The summed E-state index contributed by atoms with van der Waals surface area (Å²) in [4.78, 5) is 3.84. The van der Waals surface area contributed by atoms with Crippen LogP contribution in [0.1, 0.15) is 25.1 Å². The van der Waals surface area contributed by atoms with Crippen molar-refractivity contribution in [1.29, 1.82) is 0 Å². The number of hydrogen-bond donors (Lipinski definition) is 1. The monoisotopic (exact) mass is 245 g/mol. The first-order valence-corrected chi connectivity index (χ1v) is 6.96. The number of sulfone groups is 1. The van der Waals surface area contributed by atoms with Crippen molar-refractivity contribution in [1.82, 2.24) is 15.2 Å². The Balaban J connectivity index is 2.07. The number of nitrogens with one attached hydrogen (secondary N) is 1. The van der Waals surface area contributed by atoms with E-state index in [9.17, 15) is 8.42 Å². The van der Waals surface area contributed by atoms with Gasteiger partial charge in [0.2, 0.25) is 9.84 Å². The lowest BCUT2D eigenvalue weighted by molar-refractivity contribution is 0.0304. The van der Waals surface area contributed by atoms with Crippen molar-refractivity contribution in [2.75, 3.05) is 12.4 Å². The molecule has 7 heteroatoms. The Morgan fingerprint density at radius 2 is 2.31 bits per heavy atom. The fraction of sp³-hybridized carbons (Fsp3) is 0.778. The number of aromatic amines is 1. The Morgan fingerprint density at radius 3 is 2.88 bits per heavy atom. The molecule has 1 fully saturated rings. The van der Waals surface area contributed by atoms with Crippen LogP contribution in [0.5, 0.6) is 0 Å². The fourth-order valence-corrected chi connectivity index (χ4v) is 3.08. The summed E-state index contributed by atoms with van der Waals surface area (Å²) >= 11 is 0.